The van der Waals surface area contributed by atoms with Crippen LogP contribution >= 0.6 is 0 Å². The van der Waals surface area contributed by atoms with Gasteiger partial charge in [0.1, 0.15) is 11.6 Å². The van der Waals surface area contributed by atoms with Crippen molar-refractivity contribution in [3.63, 3.8) is 0 Å². The molecule has 0 spiro atoms. The van der Waals surface area contributed by atoms with Gasteiger partial charge in [-0.1, -0.05) is 6.07 Å². The first-order valence-electron chi connectivity index (χ1n) is 7.18. The van der Waals surface area contributed by atoms with Gasteiger partial charge in [-0.2, -0.15) is 8.78 Å². The van der Waals surface area contributed by atoms with Crippen LogP contribution in [0.5, 0.6) is 17.2 Å². The third kappa shape index (κ3) is 4.79. The molecule has 0 heterocycles. The van der Waals surface area contributed by atoms with Gasteiger partial charge in [0.15, 0.2) is 11.5 Å². The Kier molecular flexibility index (Phi) is 6.31. The summed E-state index contributed by atoms with van der Waals surface area (Å²) in [6, 6.07) is 9.00. The van der Waals surface area contributed by atoms with E-state index >= 15 is 0 Å². The number of alkyl halides is 2. The van der Waals surface area contributed by atoms with Gasteiger partial charge < -0.3 is 19.5 Å². The Bertz CT molecular complexity index is 680. The lowest BCUT2D eigenvalue weighted by atomic mass is 10.1. The van der Waals surface area contributed by atoms with Gasteiger partial charge in [0, 0.05) is 18.7 Å². The van der Waals surface area contributed by atoms with E-state index in [1.807, 2.05) is 0 Å². The molecule has 4 nitrogen and oxygen atoms in total. The minimum Gasteiger partial charge on any atom is -0.496 e. The van der Waals surface area contributed by atoms with Crippen molar-refractivity contribution in [3.05, 3.63) is 53.3 Å². The third-order valence-corrected chi connectivity index (χ3v) is 3.33. The Morgan fingerprint density at radius 2 is 1.62 bits per heavy atom. The van der Waals surface area contributed by atoms with Crippen LogP contribution in [0.2, 0.25) is 0 Å². The molecule has 2 aromatic carbocycles. The minimum atomic E-state index is -2.93. The molecular formula is C17H18F3NO3. The summed E-state index contributed by atoms with van der Waals surface area (Å²) in [4.78, 5) is 0. The van der Waals surface area contributed by atoms with Crippen molar-refractivity contribution in [3.8, 4) is 17.2 Å². The molecule has 0 unspecified atom stereocenters. The predicted octanol–water partition coefficient (Wildman–Crippen LogP) is 3.73. The zero-order chi connectivity index (χ0) is 17.5. The molecule has 0 radical (unpaired) electrons. The zero-order valence-electron chi connectivity index (χ0n) is 13.3. The molecule has 2 aromatic rings. The molecule has 24 heavy (non-hydrogen) atoms. The molecule has 0 bridgehead atoms. The molecule has 0 fully saturated rings. The molecule has 7 heteroatoms. The molecule has 1 N–H and O–H groups in total. The van der Waals surface area contributed by atoms with Gasteiger partial charge in [-0.25, -0.2) is 4.39 Å². The summed E-state index contributed by atoms with van der Waals surface area (Å²) >= 11 is 0. The van der Waals surface area contributed by atoms with Gasteiger partial charge in [0.05, 0.1) is 14.2 Å². The summed E-state index contributed by atoms with van der Waals surface area (Å²) in [6.07, 6.45) is 0. The Morgan fingerprint density at radius 3 is 2.29 bits per heavy atom. The first-order valence-corrected chi connectivity index (χ1v) is 7.18. The maximum Gasteiger partial charge on any atom is 0.387 e. The first kappa shape index (κ1) is 17.9. The molecule has 0 atom stereocenters. The summed E-state index contributed by atoms with van der Waals surface area (Å²) in [6.45, 7) is -2.19. The standard InChI is InChI=1S/C17H18F3NO3/c1-22-14-6-4-13(18)8-12(14)10-21-9-11-3-5-15(23-2)16(7-11)24-17(19)20/h3-8,17,21H,9-10H2,1-2H3. The first-order chi connectivity index (χ1) is 11.5. The third-order valence-electron chi connectivity index (χ3n) is 3.33. The Hall–Kier alpha value is -2.41. The highest BCUT2D eigenvalue weighted by Crippen LogP contribution is 2.29. The van der Waals surface area contributed by atoms with E-state index in [1.54, 1.807) is 18.2 Å². The van der Waals surface area contributed by atoms with Crippen molar-refractivity contribution in [2.45, 2.75) is 19.7 Å². The normalized spacial score (nSPS) is 10.8. The number of hydrogen-bond donors (Lipinski definition) is 1. The average Bonchev–Trinajstić information content (AvgIpc) is 2.55. The fourth-order valence-corrected chi connectivity index (χ4v) is 2.25. The van der Waals surface area contributed by atoms with Crippen LogP contribution in [-0.4, -0.2) is 20.8 Å². The van der Waals surface area contributed by atoms with E-state index in [-0.39, 0.29) is 17.3 Å². The summed E-state index contributed by atoms with van der Waals surface area (Å²) in [7, 11) is 2.88. The number of halogens is 3. The van der Waals surface area contributed by atoms with Crippen molar-refractivity contribution in [2.24, 2.45) is 0 Å². The fourth-order valence-electron chi connectivity index (χ4n) is 2.25. The summed E-state index contributed by atoms with van der Waals surface area (Å²) < 4.78 is 52.7. The molecular weight excluding hydrogens is 323 g/mol. The SMILES string of the molecule is COc1ccc(F)cc1CNCc1ccc(OC)c(OC(F)F)c1. The number of methoxy groups -OCH3 is 2. The fraction of sp³-hybridized carbons (Fsp3) is 0.294. The van der Waals surface area contributed by atoms with Crippen LogP contribution in [0, 0.1) is 5.82 Å². The van der Waals surface area contributed by atoms with Crippen LogP contribution in [0.4, 0.5) is 13.2 Å². The number of ether oxygens (including phenoxy) is 3. The Morgan fingerprint density at radius 1 is 0.917 bits per heavy atom. The Labute approximate surface area is 138 Å². The molecule has 0 saturated heterocycles. The highest BCUT2D eigenvalue weighted by molar-refractivity contribution is 5.43. The molecule has 0 aliphatic rings. The van der Waals surface area contributed by atoms with Crippen LogP contribution in [0.25, 0.3) is 0 Å². The smallest absolute Gasteiger partial charge is 0.387 e. The van der Waals surface area contributed by atoms with E-state index in [9.17, 15) is 13.2 Å². The molecule has 0 saturated carbocycles. The molecule has 2 rings (SSSR count). The van der Waals surface area contributed by atoms with E-state index < -0.39 is 6.61 Å². The lowest BCUT2D eigenvalue weighted by Gasteiger charge is -2.13. The van der Waals surface area contributed by atoms with Crippen LogP contribution in [0.1, 0.15) is 11.1 Å². The largest absolute Gasteiger partial charge is 0.496 e. The second-order valence-electron chi connectivity index (χ2n) is 4.92. The quantitative estimate of drug-likeness (QED) is 0.794. The van der Waals surface area contributed by atoms with Crippen molar-refractivity contribution in [1.29, 1.82) is 0 Å². The molecule has 0 aliphatic heterocycles. The molecule has 0 aliphatic carbocycles. The number of rotatable bonds is 8. The van der Waals surface area contributed by atoms with Gasteiger partial charge in [-0.15, -0.1) is 0 Å². The summed E-state index contributed by atoms with van der Waals surface area (Å²) in [5, 5.41) is 3.11. The minimum absolute atomic E-state index is 0.0323. The second-order valence-corrected chi connectivity index (χ2v) is 4.92. The number of nitrogens with one attached hydrogen (secondary N) is 1. The highest BCUT2D eigenvalue weighted by Gasteiger charge is 2.11. The predicted molar refractivity (Wildman–Crippen MR) is 83.1 cm³/mol. The maximum absolute atomic E-state index is 13.3. The monoisotopic (exact) mass is 341 g/mol. The number of benzene rings is 2. The van der Waals surface area contributed by atoms with Crippen LogP contribution < -0.4 is 19.5 Å². The van der Waals surface area contributed by atoms with Crippen LogP contribution in [0.3, 0.4) is 0 Å². The second kappa shape index (κ2) is 8.44. The van der Waals surface area contributed by atoms with E-state index in [4.69, 9.17) is 9.47 Å². The van der Waals surface area contributed by atoms with Crippen LogP contribution in [0.15, 0.2) is 36.4 Å². The molecule has 130 valence electrons. The highest BCUT2D eigenvalue weighted by atomic mass is 19.3. The van der Waals surface area contributed by atoms with E-state index in [1.165, 1.54) is 32.4 Å². The van der Waals surface area contributed by atoms with E-state index in [0.29, 0.717) is 24.4 Å². The number of hydrogen-bond acceptors (Lipinski definition) is 4. The van der Waals surface area contributed by atoms with Crippen LogP contribution in [-0.2, 0) is 13.1 Å². The average molecular weight is 341 g/mol. The topological polar surface area (TPSA) is 39.7 Å². The van der Waals surface area contributed by atoms with Crippen molar-refractivity contribution >= 4 is 0 Å². The van der Waals surface area contributed by atoms with Crippen molar-refractivity contribution in [2.75, 3.05) is 14.2 Å². The van der Waals surface area contributed by atoms with Gasteiger partial charge in [-0.05, 0) is 35.9 Å². The van der Waals surface area contributed by atoms with Gasteiger partial charge in [0.2, 0.25) is 0 Å². The lowest BCUT2D eigenvalue weighted by molar-refractivity contribution is -0.0512. The molecule has 0 aromatic heterocycles. The van der Waals surface area contributed by atoms with Crippen molar-refractivity contribution < 1.29 is 27.4 Å². The van der Waals surface area contributed by atoms with Gasteiger partial charge >= 0.3 is 6.61 Å². The lowest BCUT2D eigenvalue weighted by Crippen LogP contribution is -2.14. The maximum atomic E-state index is 13.3. The van der Waals surface area contributed by atoms with Crippen molar-refractivity contribution in [1.82, 2.24) is 5.32 Å². The summed E-state index contributed by atoms with van der Waals surface area (Å²) in [5.74, 6) is 0.408. The van der Waals surface area contributed by atoms with E-state index in [2.05, 4.69) is 10.1 Å². The zero-order valence-corrected chi connectivity index (χ0v) is 13.3. The van der Waals surface area contributed by atoms with Gasteiger partial charge in [-0.3, -0.25) is 0 Å². The Balaban J connectivity index is 2.03. The van der Waals surface area contributed by atoms with E-state index in [0.717, 1.165) is 5.56 Å². The van der Waals surface area contributed by atoms with Gasteiger partial charge in [0.25, 0.3) is 0 Å². The summed E-state index contributed by atoms with van der Waals surface area (Å²) in [5.41, 5.74) is 1.39. The molecule has 0 amide bonds.